The van der Waals surface area contributed by atoms with E-state index in [9.17, 15) is 0 Å². The molecule has 1 N–H and O–H groups in total. The smallest absolute Gasteiger partial charge is 0.210 e. The van der Waals surface area contributed by atoms with Crippen molar-refractivity contribution in [2.24, 2.45) is 0 Å². The van der Waals surface area contributed by atoms with Gasteiger partial charge < -0.3 is 0 Å². The number of benzene rings is 1. The lowest BCUT2D eigenvalue weighted by molar-refractivity contribution is -0.344. The number of aromatic amines is 1. The van der Waals surface area contributed by atoms with Crippen LogP contribution in [0.3, 0.4) is 0 Å². The number of hydrogen-bond acceptors (Lipinski definition) is 0. The summed E-state index contributed by atoms with van der Waals surface area (Å²) in [4.78, 5) is 3.09. The summed E-state index contributed by atoms with van der Waals surface area (Å²) >= 11 is 5.93. The Balaban J connectivity index is 2.91. The molecule has 0 unspecified atom stereocenters. The van der Waals surface area contributed by atoms with Gasteiger partial charge in [-0.3, -0.25) is 0 Å². The van der Waals surface area contributed by atoms with Crippen LogP contribution in [0.1, 0.15) is 0 Å². The fourth-order valence-electron chi connectivity index (χ4n) is 1.12. The van der Waals surface area contributed by atoms with Crippen LogP contribution in [0.15, 0.2) is 36.5 Å². The van der Waals surface area contributed by atoms with Gasteiger partial charge in [-0.05, 0) is 18.2 Å². The van der Waals surface area contributed by atoms with E-state index in [2.05, 4.69) is 4.98 Å². The number of rotatable bonds is 0. The molecule has 1 heterocycles. The Morgan fingerprint density at radius 1 is 1.09 bits per heavy atom. The Morgan fingerprint density at radius 3 is 2.73 bits per heavy atom. The van der Waals surface area contributed by atoms with Crippen LogP contribution in [0.5, 0.6) is 0 Å². The van der Waals surface area contributed by atoms with Gasteiger partial charge in [0, 0.05) is 11.5 Å². The van der Waals surface area contributed by atoms with Gasteiger partial charge >= 0.3 is 0 Å². The fraction of sp³-hybridized carbons (Fsp3) is 0. The van der Waals surface area contributed by atoms with Gasteiger partial charge in [-0.1, -0.05) is 17.7 Å². The molecule has 0 radical (unpaired) electrons. The first-order valence-electron chi connectivity index (χ1n) is 3.43. The first-order valence-corrected chi connectivity index (χ1v) is 3.80. The fourth-order valence-corrected chi connectivity index (χ4v) is 1.35. The van der Waals surface area contributed by atoms with Crippen LogP contribution in [-0.2, 0) is 0 Å². The molecule has 11 heavy (non-hydrogen) atoms. The van der Waals surface area contributed by atoms with E-state index in [0.717, 1.165) is 15.9 Å². The largest absolute Gasteiger partial charge is 0.229 e. The van der Waals surface area contributed by atoms with Gasteiger partial charge in [0.1, 0.15) is 5.02 Å². The molecule has 2 heteroatoms. The molecule has 0 saturated heterocycles. The summed E-state index contributed by atoms with van der Waals surface area (Å²) in [5.74, 6) is 0. The van der Waals surface area contributed by atoms with E-state index in [4.69, 9.17) is 11.6 Å². The maximum Gasteiger partial charge on any atom is 0.229 e. The van der Waals surface area contributed by atoms with E-state index in [1.165, 1.54) is 0 Å². The minimum atomic E-state index is 0.767. The third kappa shape index (κ3) is 1.08. The lowest BCUT2D eigenvalue weighted by atomic mass is 10.2. The molecule has 1 aromatic heterocycles. The summed E-state index contributed by atoms with van der Waals surface area (Å²) in [5.41, 5.74) is 0.997. The molecule has 2 aromatic rings. The van der Waals surface area contributed by atoms with Crippen molar-refractivity contribution in [2.45, 2.75) is 0 Å². The summed E-state index contributed by atoms with van der Waals surface area (Å²) in [6, 6.07) is 9.83. The molecule has 0 bridgehead atoms. The van der Waals surface area contributed by atoms with E-state index in [0.29, 0.717) is 0 Å². The Labute approximate surface area is 69.6 Å². The number of pyridine rings is 1. The summed E-state index contributed by atoms with van der Waals surface area (Å²) in [5, 5.41) is 1.91. The summed E-state index contributed by atoms with van der Waals surface area (Å²) in [6.07, 6.45) is 1.87. The zero-order valence-corrected chi connectivity index (χ0v) is 6.60. The van der Waals surface area contributed by atoms with Crippen molar-refractivity contribution < 1.29 is 4.98 Å². The van der Waals surface area contributed by atoms with E-state index < -0.39 is 0 Å². The highest BCUT2D eigenvalue weighted by atomic mass is 35.5. The monoisotopic (exact) mass is 164 g/mol. The molecule has 1 aromatic carbocycles. The molecule has 0 amide bonds. The number of fused-ring (bicyclic) bond motifs is 1. The van der Waals surface area contributed by atoms with Crippen molar-refractivity contribution >= 4 is 22.5 Å². The maximum atomic E-state index is 5.93. The highest BCUT2D eigenvalue weighted by Crippen LogP contribution is 2.17. The normalized spacial score (nSPS) is 10.3. The second kappa shape index (κ2) is 2.51. The highest BCUT2D eigenvalue weighted by molar-refractivity contribution is 6.34. The van der Waals surface area contributed by atoms with Gasteiger partial charge in [-0.25, -0.2) is 4.98 Å². The zero-order chi connectivity index (χ0) is 7.68. The number of H-pyrrole nitrogens is 1. The first kappa shape index (κ1) is 6.62. The number of para-hydroxylation sites is 1. The molecule has 54 valence electrons. The van der Waals surface area contributed by atoms with Crippen LogP contribution in [0, 0.1) is 0 Å². The third-order valence-corrected chi connectivity index (χ3v) is 1.96. The number of aromatic nitrogens is 1. The number of halogens is 1. The van der Waals surface area contributed by atoms with E-state index in [-0.39, 0.29) is 0 Å². The molecule has 0 aliphatic rings. The summed E-state index contributed by atoms with van der Waals surface area (Å²) in [6.45, 7) is 0. The Morgan fingerprint density at radius 2 is 1.91 bits per heavy atom. The minimum absolute atomic E-state index is 0.767. The molecule has 0 aliphatic carbocycles. The molecular weight excluding hydrogens is 158 g/mol. The van der Waals surface area contributed by atoms with Crippen molar-refractivity contribution in [3.05, 3.63) is 41.6 Å². The van der Waals surface area contributed by atoms with Gasteiger partial charge in [0.15, 0.2) is 6.20 Å². The Kier molecular flexibility index (Phi) is 1.51. The molecule has 0 atom stereocenters. The van der Waals surface area contributed by atoms with Crippen LogP contribution in [0.2, 0.25) is 5.02 Å². The first-order chi connectivity index (χ1) is 5.38. The van der Waals surface area contributed by atoms with Crippen molar-refractivity contribution in [1.29, 1.82) is 0 Å². The molecular formula is C9H7ClN+. The molecule has 0 spiro atoms. The van der Waals surface area contributed by atoms with Crippen molar-refractivity contribution in [2.75, 3.05) is 0 Å². The summed E-state index contributed by atoms with van der Waals surface area (Å²) in [7, 11) is 0. The molecule has 0 saturated carbocycles. The maximum absolute atomic E-state index is 5.93. The van der Waals surface area contributed by atoms with Crippen LogP contribution in [-0.4, -0.2) is 0 Å². The lowest BCUT2D eigenvalue weighted by Gasteiger charge is -1.90. The second-order valence-corrected chi connectivity index (χ2v) is 2.78. The van der Waals surface area contributed by atoms with E-state index in [1.54, 1.807) is 0 Å². The topological polar surface area (TPSA) is 14.1 Å². The lowest BCUT2D eigenvalue weighted by Crippen LogP contribution is -2.01. The predicted octanol–water partition coefficient (Wildman–Crippen LogP) is 2.31. The van der Waals surface area contributed by atoms with Gasteiger partial charge in [0.25, 0.3) is 0 Å². The molecule has 2 rings (SSSR count). The van der Waals surface area contributed by atoms with Crippen LogP contribution in [0.4, 0.5) is 0 Å². The van der Waals surface area contributed by atoms with Crippen LogP contribution < -0.4 is 4.98 Å². The van der Waals surface area contributed by atoms with Crippen molar-refractivity contribution in [3.63, 3.8) is 0 Å². The molecule has 1 nitrogen and oxygen atoms in total. The number of hydrogen-bond donors (Lipinski definition) is 0. The third-order valence-electron chi connectivity index (χ3n) is 1.65. The Bertz CT molecular complexity index is 379. The predicted molar refractivity (Wildman–Crippen MR) is 45.5 cm³/mol. The van der Waals surface area contributed by atoms with Crippen molar-refractivity contribution in [3.8, 4) is 0 Å². The average molecular weight is 165 g/mol. The highest BCUT2D eigenvalue weighted by Gasteiger charge is 2.01. The Hall–Kier alpha value is -1.08. The van der Waals surface area contributed by atoms with Gasteiger partial charge in [-0.2, -0.15) is 0 Å². The SMILES string of the molecule is Clc1cccc2ccc[nH+]c12. The average Bonchev–Trinajstić information content (AvgIpc) is 2.06. The van der Waals surface area contributed by atoms with Gasteiger partial charge in [-0.15, -0.1) is 0 Å². The van der Waals surface area contributed by atoms with Crippen LogP contribution in [0.25, 0.3) is 10.9 Å². The van der Waals surface area contributed by atoms with Crippen molar-refractivity contribution in [1.82, 2.24) is 0 Å². The standard InChI is InChI=1S/C9H6ClN/c10-8-5-1-3-7-4-2-6-11-9(7)8/h1-6H/p+1. The van der Waals surface area contributed by atoms with E-state index in [1.807, 2.05) is 36.5 Å². The van der Waals surface area contributed by atoms with Crippen LogP contribution >= 0.6 is 11.6 Å². The quantitative estimate of drug-likeness (QED) is 0.568. The summed E-state index contributed by atoms with van der Waals surface area (Å²) < 4.78 is 0. The minimum Gasteiger partial charge on any atom is -0.210 e. The van der Waals surface area contributed by atoms with Gasteiger partial charge in [0.05, 0.1) is 0 Å². The number of nitrogens with one attached hydrogen (secondary N) is 1. The molecule has 0 fully saturated rings. The zero-order valence-electron chi connectivity index (χ0n) is 5.84. The van der Waals surface area contributed by atoms with E-state index >= 15 is 0 Å². The second-order valence-electron chi connectivity index (χ2n) is 2.37. The van der Waals surface area contributed by atoms with Gasteiger partial charge in [0.2, 0.25) is 5.52 Å². The molecule has 0 aliphatic heterocycles.